The van der Waals surface area contributed by atoms with Crippen LogP contribution in [0.1, 0.15) is 44.7 Å². The van der Waals surface area contributed by atoms with Gasteiger partial charge in [-0.15, -0.1) is 0 Å². The second kappa shape index (κ2) is 13.9. The average Bonchev–Trinajstić information content (AvgIpc) is 2.88. The topological polar surface area (TPSA) is 86.8 Å². The molecule has 3 aromatic carbocycles. The number of sulfonamides is 1. The highest BCUT2D eigenvalue weighted by Crippen LogP contribution is 2.21. The molecule has 0 fully saturated rings. The van der Waals surface area contributed by atoms with Gasteiger partial charge in [0, 0.05) is 35.9 Å². The van der Waals surface area contributed by atoms with Gasteiger partial charge in [0.25, 0.3) is 0 Å². The molecule has 7 nitrogen and oxygen atoms in total. The summed E-state index contributed by atoms with van der Waals surface area (Å²) in [6, 6.07) is 25.4. The van der Waals surface area contributed by atoms with Crippen molar-refractivity contribution >= 4 is 43.5 Å². The van der Waals surface area contributed by atoms with Gasteiger partial charge in [-0.25, -0.2) is 8.42 Å². The first-order chi connectivity index (χ1) is 18.8. The van der Waals surface area contributed by atoms with Gasteiger partial charge in [-0.3, -0.25) is 13.9 Å². The highest BCUT2D eigenvalue weighted by Gasteiger charge is 2.32. The molecule has 0 aliphatic heterocycles. The summed E-state index contributed by atoms with van der Waals surface area (Å²) < 4.78 is 27.2. The summed E-state index contributed by atoms with van der Waals surface area (Å²) in [5.41, 5.74) is 1.89. The number of benzene rings is 3. The van der Waals surface area contributed by atoms with Crippen LogP contribution in [0, 0.1) is 0 Å². The summed E-state index contributed by atoms with van der Waals surface area (Å²) in [7, 11) is -3.54. The van der Waals surface area contributed by atoms with Crippen LogP contribution in [-0.2, 0) is 32.6 Å². The fourth-order valence-corrected chi connectivity index (χ4v) is 5.85. The Hall–Kier alpha value is -3.17. The van der Waals surface area contributed by atoms with Gasteiger partial charge >= 0.3 is 0 Å². The van der Waals surface area contributed by atoms with E-state index in [0.717, 1.165) is 21.9 Å². The Morgan fingerprint density at radius 3 is 2.08 bits per heavy atom. The van der Waals surface area contributed by atoms with Gasteiger partial charge in [0.05, 0.1) is 11.9 Å². The highest BCUT2D eigenvalue weighted by atomic mass is 79.9. The number of hydrogen-bond donors (Lipinski definition) is 1. The zero-order valence-electron chi connectivity index (χ0n) is 23.5. The number of hydrogen-bond acceptors (Lipinski definition) is 4. The Kier molecular flexibility index (Phi) is 10.9. The number of rotatable bonds is 12. The molecule has 1 N–H and O–H groups in total. The van der Waals surface area contributed by atoms with Crippen molar-refractivity contribution < 1.29 is 18.0 Å². The van der Waals surface area contributed by atoms with Crippen molar-refractivity contribution in [1.82, 2.24) is 10.2 Å². The van der Waals surface area contributed by atoms with E-state index in [1.807, 2.05) is 81.4 Å². The summed E-state index contributed by atoms with van der Waals surface area (Å²) in [6.07, 6.45) is 1.89. The summed E-state index contributed by atoms with van der Waals surface area (Å²) in [5, 5.41) is 3.06. The number of anilines is 1. The Bertz CT molecular complexity index is 1380. The van der Waals surface area contributed by atoms with Crippen LogP contribution in [0.4, 0.5) is 5.69 Å². The molecule has 1 atom stereocenters. The van der Waals surface area contributed by atoms with Gasteiger partial charge in [0.2, 0.25) is 21.8 Å². The van der Waals surface area contributed by atoms with E-state index in [2.05, 4.69) is 21.2 Å². The Labute approximate surface area is 246 Å². The third-order valence-corrected chi connectivity index (χ3v) is 7.89. The molecule has 0 aromatic heterocycles. The molecule has 0 saturated heterocycles. The quantitative estimate of drug-likeness (QED) is 0.285. The molecule has 0 saturated carbocycles. The maximum Gasteiger partial charge on any atom is 0.243 e. The van der Waals surface area contributed by atoms with Gasteiger partial charge in [-0.2, -0.15) is 0 Å². The SMILES string of the molecule is CC(C)(C)NC(=O)[C@@H](Cc1ccccc1)N(Cc1cccc(Br)c1)C(=O)CCCN(c1ccccc1)S(C)(=O)=O. The van der Waals surface area contributed by atoms with E-state index < -0.39 is 21.6 Å². The van der Waals surface area contributed by atoms with Crippen LogP contribution in [0.2, 0.25) is 0 Å². The molecule has 40 heavy (non-hydrogen) atoms. The summed E-state index contributed by atoms with van der Waals surface area (Å²) in [5.74, 6) is -0.451. The minimum atomic E-state index is -3.54. The molecule has 0 aliphatic rings. The molecule has 214 valence electrons. The lowest BCUT2D eigenvalue weighted by Gasteiger charge is -2.34. The van der Waals surface area contributed by atoms with Gasteiger partial charge in [0.15, 0.2) is 0 Å². The van der Waals surface area contributed by atoms with E-state index in [1.54, 1.807) is 29.2 Å². The monoisotopic (exact) mass is 627 g/mol. The van der Waals surface area contributed by atoms with Crippen molar-refractivity contribution in [3.63, 3.8) is 0 Å². The molecule has 0 spiro atoms. The standard InChI is InChI=1S/C31H38BrN3O4S/c1-31(2,3)33-30(37)28(22-24-13-7-5-8-14-24)34(23-25-15-11-16-26(32)21-25)29(36)19-12-20-35(40(4,38)39)27-17-9-6-10-18-27/h5-11,13-18,21,28H,12,19-20,22-23H2,1-4H3,(H,33,37)/t28-/m1/s1. The zero-order chi connectivity index (χ0) is 29.3. The number of carbonyl (C=O) groups is 2. The predicted octanol–water partition coefficient (Wildman–Crippen LogP) is 5.55. The van der Waals surface area contributed by atoms with Gasteiger partial charge < -0.3 is 10.2 Å². The van der Waals surface area contributed by atoms with Crippen LogP contribution in [0.3, 0.4) is 0 Å². The van der Waals surface area contributed by atoms with Crippen molar-refractivity contribution in [2.24, 2.45) is 0 Å². The molecule has 9 heteroatoms. The predicted molar refractivity (Wildman–Crippen MR) is 164 cm³/mol. The normalized spacial score (nSPS) is 12.4. The molecule has 0 radical (unpaired) electrons. The van der Waals surface area contributed by atoms with Crippen molar-refractivity contribution in [2.75, 3.05) is 17.1 Å². The number of amides is 2. The number of nitrogens with zero attached hydrogens (tertiary/aromatic N) is 2. The average molecular weight is 629 g/mol. The largest absolute Gasteiger partial charge is 0.350 e. The molecule has 3 rings (SSSR count). The van der Waals surface area contributed by atoms with Crippen molar-refractivity contribution in [3.05, 3.63) is 101 Å². The van der Waals surface area contributed by atoms with E-state index in [1.165, 1.54) is 4.31 Å². The lowest BCUT2D eigenvalue weighted by Crippen LogP contribution is -2.54. The van der Waals surface area contributed by atoms with Crippen molar-refractivity contribution in [2.45, 2.75) is 58.2 Å². The molecule has 0 bridgehead atoms. The Morgan fingerprint density at radius 2 is 1.50 bits per heavy atom. The first-order valence-corrected chi connectivity index (χ1v) is 15.9. The van der Waals surface area contributed by atoms with Gasteiger partial charge in [0.1, 0.15) is 6.04 Å². The molecular formula is C31H38BrN3O4S. The summed E-state index contributed by atoms with van der Waals surface area (Å²) >= 11 is 3.50. The van der Waals surface area contributed by atoms with Crippen LogP contribution >= 0.6 is 15.9 Å². The molecule has 0 aliphatic carbocycles. The van der Waals surface area contributed by atoms with Crippen molar-refractivity contribution in [3.8, 4) is 0 Å². The third-order valence-electron chi connectivity index (χ3n) is 6.21. The first kappa shape index (κ1) is 31.4. The third kappa shape index (κ3) is 9.78. The fraction of sp³-hybridized carbons (Fsp3) is 0.355. The zero-order valence-corrected chi connectivity index (χ0v) is 25.9. The van der Waals surface area contributed by atoms with E-state index in [-0.39, 0.29) is 31.3 Å². The molecule has 0 unspecified atom stereocenters. The summed E-state index contributed by atoms with van der Waals surface area (Å²) in [4.78, 5) is 29.2. The smallest absolute Gasteiger partial charge is 0.243 e. The summed E-state index contributed by atoms with van der Waals surface area (Å²) in [6.45, 7) is 6.12. The fourth-order valence-electron chi connectivity index (χ4n) is 4.44. The van der Waals surface area contributed by atoms with E-state index in [0.29, 0.717) is 18.5 Å². The van der Waals surface area contributed by atoms with E-state index in [4.69, 9.17) is 0 Å². The Morgan fingerprint density at radius 1 is 0.900 bits per heavy atom. The molecular weight excluding hydrogens is 590 g/mol. The Balaban J connectivity index is 1.90. The number of para-hydroxylation sites is 1. The van der Waals surface area contributed by atoms with E-state index in [9.17, 15) is 18.0 Å². The van der Waals surface area contributed by atoms with Crippen LogP contribution in [0.15, 0.2) is 89.4 Å². The van der Waals surface area contributed by atoms with Crippen LogP contribution < -0.4 is 9.62 Å². The van der Waals surface area contributed by atoms with Crippen LogP contribution in [0.5, 0.6) is 0 Å². The minimum Gasteiger partial charge on any atom is -0.350 e. The second-order valence-corrected chi connectivity index (χ2v) is 13.7. The second-order valence-electron chi connectivity index (χ2n) is 10.9. The molecule has 0 heterocycles. The van der Waals surface area contributed by atoms with E-state index >= 15 is 0 Å². The molecule has 2 amide bonds. The minimum absolute atomic E-state index is 0.0843. The number of carbonyl (C=O) groups excluding carboxylic acids is 2. The number of nitrogens with one attached hydrogen (secondary N) is 1. The van der Waals surface area contributed by atoms with Crippen LogP contribution in [-0.4, -0.2) is 49.5 Å². The van der Waals surface area contributed by atoms with Crippen molar-refractivity contribution in [1.29, 1.82) is 0 Å². The maximum atomic E-state index is 13.9. The highest BCUT2D eigenvalue weighted by molar-refractivity contribution is 9.10. The van der Waals surface area contributed by atoms with Gasteiger partial charge in [-0.1, -0.05) is 76.6 Å². The number of halogens is 1. The van der Waals surface area contributed by atoms with Gasteiger partial charge in [-0.05, 0) is 62.6 Å². The lowest BCUT2D eigenvalue weighted by molar-refractivity contribution is -0.142. The first-order valence-electron chi connectivity index (χ1n) is 13.3. The lowest BCUT2D eigenvalue weighted by atomic mass is 10.00. The maximum absolute atomic E-state index is 13.9. The van der Waals surface area contributed by atoms with Crippen LogP contribution in [0.25, 0.3) is 0 Å². The molecule has 3 aromatic rings.